The van der Waals surface area contributed by atoms with Gasteiger partial charge in [0.15, 0.2) is 0 Å². The van der Waals surface area contributed by atoms with Crippen LogP contribution in [0.25, 0.3) is 0 Å². The van der Waals surface area contributed by atoms with Gasteiger partial charge in [-0.1, -0.05) is 37.8 Å². The van der Waals surface area contributed by atoms with Crippen molar-refractivity contribution in [1.82, 2.24) is 5.32 Å². The van der Waals surface area contributed by atoms with Gasteiger partial charge in [-0.3, -0.25) is 0 Å². The summed E-state index contributed by atoms with van der Waals surface area (Å²) in [6.07, 6.45) is 8.16. The topological polar surface area (TPSA) is 41.5 Å². The van der Waals surface area contributed by atoms with E-state index in [0.29, 0.717) is 12.6 Å². The predicted molar refractivity (Wildman–Crippen MR) is 77.4 cm³/mol. The van der Waals surface area contributed by atoms with Gasteiger partial charge in [-0.25, -0.2) is 0 Å². The summed E-state index contributed by atoms with van der Waals surface area (Å²) in [5.41, 5.74) is 1.29. The maximum Gasteiger partial charge on any atom is 0.119 e. The molecule has 1 aliphatic rings. The Morgan fingerprint density at radius 3 is 2.30 bits per heavy atom. The van der Waals surface area contributed by atoms with Gasteiger partial charge in [0.05, 0.1) is 6.61 Å². The summed E-state index contributed by atoms with van der Waals surface area (Å²) >= 11 is 0. The summed E-state index contributed by atoms with van der Waals surface area (Å²) in [7, 11) is 0. The lowest BCUT2D eigenvalue weighted by molar-refractivity contribution is -0.00000522. The summed E-state index contributed by atoms with van der Waals surface area (Å²) in [5.74, 6) is 0.826. The number of hydrogen-bond donors (Lipinski definition) is 2. The fraction of sp³-hybridized carbons (Fsp3) is 0.625. The smallest absolute Gasteiger partial charge is 0.119 e. The number of halogens is 1. The lowest BCUT2D eigenvalue weighted by Crippen LogP contribution is -3.00. The van der Waals surface area contributed by atoms with Crippen molar-refractivity contribution in [2.24, 2.45) is 0 Å². The van der Waals surface area contributed by atoms with Crippen LogP contribution < -0.4 is 22.5 Å². The summed E-state index contributed by atoms with van der Waals surface area (Å²) < 4.78 is 5.35. The van der Waals surface area contributed by atoms with Crippen molar-refractivity contribution in [3.63, 3.8) is 0 Å². The second kappa shape index (κ2) is 10.0. The fourth-order valence-electron chi connectivity index (χ4n) is 2.61. The summed E-state index contributed by atoms with van der Waals surface area (Å²) in [6.45, 7) is 1.36. The van der Waals surface area contributed by atoms with Crippen LogP contribution in [0.3, 0.4) is 0 Å². The molecule has 0 atom stereocenters. The molecule has 0 radical (unpaired) electrons. The average Bonchev–Trinajstić information content (AvgIpc) is 2.72. The van der Waals surface area contributed by atoms with Gasteiger partial charge in [-0.05, 0) is 30.5 Å². The third-order valence-corrected chi connectivity index (χ3v) is 3.73. The number of nitrogens with one attached hydrogen (secondary N) is 1. The maximum atomic E-state index is 8.70. The molecule has 1 aliphatic carbocycles. The van der Waals surface area contributed by atoms with Crippen LogP contribution in [0.2, 0.25) is 0 Å². The van der Waals surface area contributed by atoms with Gasteiger partial charge in [0.25, 0.3) is 0 Å². The minimum absolute atomic E-state index is 0. The van der Waals surface area contributed by atoms with Crippen LogP contribution in [-0.4, -0.2) is 24.4 Å². The molecular weight excluding hydrogens is 274 g/mol. The van der Waals surface area contributed by atoms with E-state index in [2.05, 4.69) is 17.4 Å². The van der Waals surface area contributed by atoms with Crippen LogP contribution >= 0.6 is 0 Å². The lowest BCUT2D eigenvalue weighted by atomic mass is 10.1. The molecule has 3 nitrogen and oxygen atoms in total. The van der Waals surface area contributed by atoms with Gasteiger partial charge in [0.1, 0.15) is 12.4 Å². The molecule has 2 rings (SSSR count). The van der Waals surface area contributed by atoms with Gasteiger partial charge in [-0.15, -0.1) is 0 Å². The number of ether oxygens (including phenoxy) is 1. The molecule has 0 aliphatic heterocycles. The van der Waals surface area contributed by atoms with Crippen LogP contribution in [0.5, 0.6) is 5.75 Å². The highest BCUT2D eigenvalue weighted by molar-refractivity contribution is 5.27. The number of aliphatic hydroxyl groups excluding tert-OH is 1. The summed E-state index contributed by atoms with van der Waals surface area (Å²) in [5, 5.41) is 12.4. The molecule has 0 aromatic heterocycles. The zero-order valence-electron chi connectivity index (χ0n) is 12.0. The second-order valence-electron chi connectivity index (χ2n) is 5.29. The van der Waals surface area contributed by atoms with E-state index in [0.717, 1.165) is 12.3 Å². The average molecular weight is 299 g/mol. The molecular formula is C16H25ClNO2-. The molecule has 1 aromatic carbocycles. The molecule has 1 aromatic rings. The summed E-state index contributed by atoms with van der Waals surface area (Å²) in [6, 6.07) is 8.82. The molecule has 0 heterocycles. The Morgan fingerprint density at radius 2 is 1.70 bits per heavy atom. The molecule has 1 fully saturated rings. The molecule has 114 valence electrons. The Balaban J connectivity index is 0.00000200. The van der Waals surface area contributed by atoms with Crippen molar-refractivity contribution in [2.75, 3.05) is 13.2 Å². The molecule has 0 saturated heterocycles. The largest absolute Gasteiger partial charge is 1.00 e. The van der Waals surface area contributed by atoms with E-state index in [4.69, 9.17) is 9.84 Å². The Bertz CT molecular complexity index is 348. The minimum Gasteiger partial charge on any atom is -1.00 e. The van der Waals surface area contributed by atoms with Crippen LogP contribution in [0, 0.1) is 0 Å². The number of benzene rings is 1. The van der Waals surface area contributed by atoms with Crippen LogP contribution in [0.1, 0.15) is 44.1 Å². The number of aliphatic hydroxyl groups is 1. The monoisotopic (exact) mass is 298 g/mol. The molecule has 2 N–H and O–H groups in total. The first-order chi connectivity index (χ1) is 9.38. The Hall–Kier alpha value is -0.770. The standard InChI is InChI=1S/C16H25NO2.ClH/c18-11-12-19-16-9-7-14(8-10-16)13-17-15-5-3-1-2-4-6-15;/h7-10,15,17-18H,1-6,11-13H2;1H/p-1. The highest BCUT2D eigenvalue weighted by Crippen LogP contribution is 2.18. The zero-order chi connectivity index (χ0) is 13.3. The van der Waals surface area contributed by atoms with E-state index in [1.54, 1.807) is 0 Å². The van der Waals surface area contributed by atoms with Crippen LogP contribution in [0.15, 0.2) is 24.3 Å². The first kappa shape index (κ1) is 17.3. The number of rotatable bonds is 6. The second-order valence-corrected chi connectivity index (χ2v) is 5.29. The fourth-order valence-corrected chi connectivity index (χ4v) is 2.61. The van der Waals surface area contributed by atoms with E-state index >= 15 is 0 Å². The van der Waals surface area contributed by atoms with Gasteiger partial charge in [-0.2, -0.15) is 0 Å². The molecule has 0 bridgehead atoms. The summed E-state index contributed by atoms with van der Waals surface area (Å²) in [4.78, 5) is 0. The third-order valence-electron chi connectivity index (χ3n) is 3.73. The van der Waals surface area contributed by atoms with Crippen LogP contribution in [-0.2, 0) is 6.54 Å². The van der Waals surface area contributed by atoms with Crippen molar-refractivity contribution in [2.45, 2.75) is 51.1 Å². The lowest BCUT2D eigenvalue weighted by Gasteiger charge is -2.16. The van der Waals surface area contributed by atoms with Gasteiger partial charge in [0, 0.05) is 12.6 Å². The van der Waals surface area contributed by atoms with Gasteiger partial charge < -0.3 is 27.6 Å². The quantitative estimate of drug-likeness (QED) is 0.719. The number of hydrogen-bond acceptors (Lipinski definition) is 3. The van der Waals surface area contributed by atoms with E-state index in [1.807, 2.05) is 12.1 Å². The SMILES string of the molecule is OCCOc1ccc(CNC2CCCCCC2)cc1.[Cl-]. The molecule has 4 heteroatoms. The Kier molecular flexibility index (Phi) is 8.67. The third kappa shape index (κ3) is 6.12. The first-order valence-electron chi connectivity index (χ1n) is 7.44. The van der Waals surface area contributed by atoms with E-state index in [-0.39, 0.29) is 19.0 Å². The van der Waals surface area contributed by atoms with Gasteiger partial charge in [0.2, 0.25) is 0 Å². The van der Waals surface area contributed by atoms with E-state index in [1.165, 1.54) is 44.1 Å². The predicted octanol–water partition coefficient (Wildman–Crippen LogP) is -0.126. The van der Waals surface area contributed by atoms with Crippen LogP contribution in [0.4, 0.5) is 0 Å². The molecule has 0 unspecified atom stereocenters. The molecule has 0 amide bonds. The van der Waals surface area contributed by atoms with Gasteiger partial charge >= 0.3 is 0 Å². The van der Waals surface area contributed by atoms with E-state index < -0.39 is 0 Å². The highest BCUT2D eigenvalue weighted by Gasteiger charge is 2.11. The van der Waals surface area contributed by atoms with Crippen molar-refractivity contribution >= 4 is 0 Å². The highest BCUT2D eigenvalue weighted by atomic mass is 35.5. The van der Waals surface area contributed by atoms with E-state index in [9.17, 15) is 0 Å². The Morgan fingerprint density at radius 1 is 1.05 bits per heavy atom. The van der Waals surface area contributed by atoms with Crippen molar-refractivity contribution in [1.29, 1.82) is 0 Å². The van der Waals surface area contributed by atoms with Crippen molar-refractivity contribution < 1.29 is 22.3 Å². The minimum atomic E-state index is 0. The Labute approximate surface area is 128 Å². The normalized spacial score (nSPS) is 16.2. The first-order valence-corrected chi connectivity index (χ1v) is 7.44. The maximum absolute atomic E-state index is 8.70. The zero-order valence-corrected chi connectivity index (χ0v) is 12.7. The molecule has 1 saturated carbocycles. The molecule has 0 spiro atoms. The molecule has 20 heavy (non-hydrogen) atoms. The van der Waals surface area contributed by atoms with Crippen molar-refractivity contribution in [3.8, 4) is 5.75 Å². The van der Waals surface area contributed by atoms with Crippen molar-refractivity contribution in [3.05, 3.63) is 29.8 Å².